The van der Waals surface area contributed by atoms with Gasteiger partial charge in [0.05, 0.1) is 30.3 Å². The number of urea groups is 1. The zero-order valence-electron chi connectivity index (χ0n) is 15.5. The fourth-order valence-corrected chi connectivity index (χ4v) is 3.94. The molecule has 2 aromatic carbocycles. The van der Waals surface area contributed by atoms with Crippen LogP contribution in [0.25, 0.3) is 10.2 Å². The average molecular weight is 410 g/mol. The molecule has 1 aliphatic rings. The van der Waals surface area contributed by atoms with Crippen LogP contribution in [0.2, 0.25) is 0 Å². The number of nitrogens with one attached hydrogen (secondary N) is 2. The summed E-state index contributed by atoms with van der Waals surface area (Å²) in [6.07, 6.45) is -0.153. The molecular formula is C20H18N4O4S. The van der Waals surface area contributed by atoms with Crippen LogP contribution in [0.3, 0.4) is 0 Å². The van der Waals surface area contributed by atoms with E-state index in [4.69, 9.17) is 4.74 Å². The van der Waals surface area contributed by atoms with Gasteiger partial charge in [0, 0.05) is 0 Å². The summed E-state index contributed by atoms with van der Waals surface area (Å²) in [7, 11) is 1.57. The molecule has 0 spiro atoms. The van der Waals surface area contributed by atoms with Crippen molar-refractivity contribution in [3.8, 4) is 5.75 Å². The Labute approximate surface area is 170 Å². The minimum absolute atomic E-state index is 0.130. The van der Waals surface area contributed by atoms with Gasteiger partial charge in [-0.15, -0.1) is 0 Å². The van der Waals surface area contributed by atoms with Crippen molar-refractivity contribution < 1.29 is 19.1 Å². The molecular weight excluding hydrogens is 392 g/mol. The number of benzene rings is 2. The third kappa shape index (κ3) is 4.04. The van der Waals surface area contributed by atoms with Gasteiger partial charge < -0.3 is 15.4 Å². The van der Waals surface area contributed by atoms with Gasteiger partial charge in [0.2, 0.25) is 5.91 Å². The third-order valence-corrected chi connectivity index (χ3v) is 5.49. The van der Waals surface area contributed by atoms with Crippen molar-refractivity contribution in [2.45, 2.75) is 19.0 Å². The lowest BCUT2D eigenvalue weighted by molar-refractivity contribution is -0.130. The molecule has 2 heterocycles. The van der Waals surface area contributed by atoms with Crippen molar-refractivity contribution >= 4 is 44.5 Å². The van der Waals surface area contributed by atoms with Gasteiger partial charge in [-0.25, -0.2) is 9.78 Å². The lowest BCUT2D eigenvalue weighted by Gasteiger charge is -2.13. The second kappa shape index (κ2) is 7.88. The standard InChI is InChI=1S/C20H18N4O4S/c1-28-13-8-6-12(7-9-13)11-24-18(26)15(22-20(24)27)10-17(25)23-19-21-14-4-2-3-5-16(14)29-19/h2-9,15H,10-11H2,1H3,(H,22,27)(H,21,23,25)/t15-/m1/s1. The summed E-state index contributed by atoms with van der Waals surface area (Å²) in [5.41, 5.74) is 1.58. The Bertz CT molecular complexity index is 1050. The molecule has 1 saturated heterocycles. The summed E-state index contributed by atoms with van der Waals surface area (Å²) in [6.45, 7) is 0.130. The summed E-state index contributed by atoms with van der Waals surface area (Å²) in [5.74, 6) is -0.116. The first-order valence-electron chi connectivity index (χ1n) is 8.94. The maximum absolute atomic E-state index is 12.6. The molecule has 29 heavy (non-hydrogen) atoms. The molecule has 0 radical (unpaired) electrons. The molecule has 0 bridgehead atoms. The molecule has 1 aromatic heterocycles. The van der Waals surface area contributed by atoms with Crippen LogP contribution in [-0.2, 0) is 16.1 Å². The van der Waals surface area contributed by atoms with Crippen molar-refractivity contribution in [3.05, 3.63) is 54.1 Å². The first-order chi connectivity index (χ1) is 14.0. The van der Waals surface area contributed by atoms with Gasteiger partial charge in [-0.05, 0) is 29.8 Å². The number of nitrogens with zero attached hydrogens (tertiary/aromatic N) is 2. The molecule has 4 rings (SSSR count). The van der Waals surface area contributed by atoms with Gasteiger partial charge in [-0.3, -0.25) is 14.5 Å². The number of carbonyl (C=O) groups is 3. The highest BCUT2D eigenvalue weighted by Crippen LogP contribution is 2.25. The van der Waals surface area contributed by atoms with Crippen LogP contribution < -0.4 is 15.4 Å². The van der Waals surface area contributed by atoms with Crippen molar-refractivity contribution in [1.29, 1.82) is 0 Å². The summed E-state index contributed by atoms with van der Waals surface area (Å²) in [6, 6.07) is 13.2. The Morgan fingerprint density at radius 3 is 2.69 bits per heavy atom. The van der Waals surface area contributed by atoms with E-state index in [2.05, 4.69) is 15.6 Å². The van der Waals surface area contributed by atoms with Gasteiger partial charge in [-0.2, -0.15) is 0 Å². The summed E-state index contributed by atoms with van der Waals surface area (Å²) in [5, 5.41) is 5.74. The predicted octanol–water partition coefficient (Wildman–Crippen LogP) is 2.75. The Morgan fingerprint density at radius 2 is 1.97 bits per heavy atom. The van der Waals surface area contributed by atoms with E-state index in [-0.39, 0.29) is 18.9 Å². The SMILES string of the molecule is COc1ccc(CN2C(=O)N[C@H](CC(=O)Nc3nc4ccccc4s3)C2=O)cc1. The van der Waals surface area contributed by atoms with Crippen LogP contribution in [0.5, 0.6) is 5.75 Å². The van der Waals surface area contributed by atoms with Crippen molar-refractivity contribution in [2.24, 2.45) is 0 Å². The van der Waals surface area contributed by atoms with Crippen LogP contribution in [0.15, 0.2) is 48.5 Å². The lowest BCUT2D eigenvalue weighted by atomic mass is 10.1. The van der Waals surface area contributed by atoms with Crippen molar-refractivity contribution in [1.82, 2.24) is 15.2 Å². The number of imide groups is 1. The molecule has 3 aromatic rings. The maximum Gasteiger partial charge on any atom is 0.325 e. The predicted molar refractivity (Wildman–Crippen MR) is 109 cm³/mol. The maximum atomic E-state index is 12.6. The highest BCUT2D eigenvalue weighted by atomic mass is 32.1. The number of carbonyl (C=O) groups excluding carboxylic acids is 3. The number of amides is 4. The number of anilines is 1. The van der Waals surface area contributed by atoms with Gasteiger partial charge in [0.1, 0.15) is 11.8 Å². The largest absolute Gasteiger partial charge is 0.497 e. The first-order valence-corrected chi connectivity index (χ1v) is 9.75. The molecule has 8 nitrogen and oxygen atoms in total. The van der Waals surface area contributed by atoms with Crippen molar-refractivity contribution in [3.63, 3.8) is 0 Å². The van der Waals surface area contributed by atoms with E-state index in [9.17, 15) is 14.4 Å². The van der Waals surface area contributed by atoms with E-state index in [1.807, 2.05) is 24.3 Å². The molecule has 0 aliphatic carbocycles. The second-order valence-electron chi connectivity index (χ2n) is 6.51. The molecule has 0 unspecified atom stereocenters. The molecule has 148 valence electrons. The molecule has 1 atom stereocenters. The average Bonchev–Trinajstić information content (AvgIpc) is 3.23. The number of hydrogen-bond acceptors (Lipinski definition) is 6. The topological polar surface area (TPSA) is 101 Å². The van der Waals surface area contributed by atoms with E-state index < -0.39 is 18.0 Å². The van der Waals surface area contributed by atoms with Crippen LogP contribution >= 0.6 is 11.3 Å². The molecule has 4 amide bonds. The number of para-hydroxylation sites is 1. The van der Waals surface area contributed by atoms with Crippen molar-refractivity contribution in [2.75, 3.05) is 12.4 Å². The zero-order chi connectivity index (χ0) is 20.4. The highest BCUT2D eigenvalue weighted by Gasteiger charge is 2.39. The van der Waals surface area contributed by atoms with Gasteiger partial charge in [-0.1, -0.05) is 35.6 Å². The van der Waals surface area contributed by atoms with E-state index in [1.165, 1.54) is 11.3 Å². The second-order valence-corrected chi connectivity index (χ2v) is 7.54. The van der Waals surface area contributed by atoms with Crippen LogP contribution in [0.1, 0.15) is 12.0 Å². The van der Waals surface area contributed by atoms with E-state index in [0.717, 1.165) is 20.7 Å². The fourth-order valence-electron chi connectivity index (χ4n) is 3.06. The monoisotopic (exact) mass is 410 g/mol. The number of rotatable bonds is 6. The fraction of sp³-hybridized carbons (Fsp3) is 0.200. The molecule has 1 aliphatic heterocycles. The number of aromatic nitrogens is 1. The smallest absolute Gasteiger partial charge is 0.325 e. The summed E-state index contributed by atoms with van der Waals surface area (Å²) < 4.78 is 6.06. The zero-order valence-corrected chi connectivity index (χ0v) is 16.4. The lowest BCUT2D eigenvalue weighted by Crippen LogP contribution is -2.34. The minimum atomic E-state index is -0.893. The van der Waals surface area contributed by atoms with Crippen LogP contribution in [0.4, 0.5) is 9.93 Å². The van der Waals surface area contributed by atoms with Gasteiger partial charge >= 0.3 is 6.03 Å². The summed E-state index contributed by atoms with van der Waals surface area (Å²) in [4.78, 5) is 42.6. The van der Waals surface area contributed by atoms with Crippen LogP contribution in [0, 0.1) is 0 Å². The Kier molecular flexibility index (Phi) is 5.13. The van der Waals surface area contributed by atoms with Gasteiger partial charge in [0.25, 0.3) is 5.91 Å². The van der Waals surface area contributed by atoms with E-state index >= 15 is 0 Å². The number of ether oxygens (including phenoxy) is 1. The first kappa shape index (κ1) is 18.9. The Hall–Kier alpha value is -3.46. The molecule has 9 heteroatoms. The quantitative estimate of drug-likeness (QED) is 0.609. The van der Waals surface area contributed by atoms with Gasteiger partial charge in [0.15, 0.2) is 5.13 Å². The van der Waals surface area contributed by atoms with E-state index in [1.54, 1.807) is 31.4 Å². The molecule has 1 fully saturated rings. The number of methoxy groups -OCH3 is 1. The Balaban J connectivity index is 1.38. The normalized spacial score (nSPS) is 16.2. The summed E-state index contributed by atoms with van der Waals surface area (Å²) >= 11 is 1.35. The Morgan fingerprint density at radius 1 is 1.21 bits per heavy atom. The van der Waals surface area contributed by atoms with Crippen LogP contribution in [-0.4, -0.2) is 40.9 Å². The third-order valence-electron chi connectivity index (χ3n) is 4.54. The number of hydrogen-bond donors (Lipinski definition) is 2. The number of thiazole rings is 1. The molecule has 0 saturated carbocycles. The highest BCUT2D eigenvalue weighted by molar-refractivity contribution is 7.22. The minimum Gasteiger partial charge on any atom is -0.497 e. The molecule has 2 N–H and O–H groups in total. The number of fused-ring (bicyclic) bond motifs is 1. The van der Waals surface area contributed by atoms with E-state index in [0.29, 0.717) is 10.9 Å².